The Morgan fingerprint density at radius 3 is 2.00 bits per heavy atom. The molecule has 0 radical (unpaired) electrons. The second-order valence-corrected chi connectivity index (χ2v) is 5.29. The van der Waals surface area contributed by atoms with Crippen molar-refractivity contribution in [2.24, 2.45) is 11.3 Å². The van der Waals surface area contributed by atoms with E-state index in [4.69, 9.17) is 4.74 Å². The van der Waals surface area contributed by atoms with Crippen molar-refractivity contribution in [2.75, 3.05) is 6.61 Å². The SMILES string of the molecule is CCO[C@H]1CC[C@H](C(C)(C)C)CC1. The highest BCUT2D eigenvalue weighted by atomic mass is 16.5. The van der Waals surface area contributed by atoms with E-state index in [-0.39, 0.29) is 0 Å². The minimum Gasteiger partial charge on any atom is -0.379 e. The Hall–Kier alpha value is -0.0400. The van der Waals surface area contributed by atoms with Crippen molar-refractivity contribution in [1.82, 2.24) is 0 Å². The van der Waals surface area contributed by atoms with Crippen molar-refractivity contribution < 1.29 is 4.74 Å². The number of ether oxygens (including phenoxy) is 1. The third-order valence-electron chi connectivity index (χ3n) is 3.30. The monoisotopic (exact) mass is 184 g/mol. The minimum absolute atomic E-state index is 0.497. The quantitative estimate of drug-likeness (QED) is 0.637. The highest BCUT2D eigenvalue weighted by Gasteiger charge is 2.29. The van der Waals surface area contributed by atoms with Gasteiger partial charge in [0.25, 0.3) is 0 Å². The second kappa shape index (κ2) is 4.45. The van der Waals surface area contributed by atoms with Crippen molar-refractivity contribution in [3.8, 4) is 0 Å². The van der Waals surface area contributed by atoms with Gasteiger partial charge in [-0.2, -0.15) is 0 Å². The van der Waals surface area contributed by atoms with Gasteiger partial charge < -0.3 is 4.74 Å². The van der Waals surface area contributed by atoms with Crippen LogP contribution in [0, 0.1) is 11.3 Å². The standard InChI is InChI=1S/C12H24O/c1-5-13-11-8-6-10(7-9-11)12(2,3)4/h10-11H,5-9H2,1-4H3/t10-,11-. The minimum atomic E-state index is 0.497. The van der Waals surface area contributed by atoms with Gasteiger partial charge in [0.1, 0.15) is 0 Å². The van der Waals surface area contributed by atoms with Crippen LogP contribution in [0.4, 0.5) is 0 Å². The largest absolute Gasteiger partial charge is 0.379 e. The van der Waals surface area contributed by atoms with Gasteiger partial charge in [-0.1, -0.05) is 20.8 Å². The van der Waals surface area contributed by atoms with Gasteiger partial charge in [-0.25, -0.2) is 0 Å². The molecule has 13 heavy (non-hydrogen) atoms. The predicted octanol–water partition coefficient (Wildman–Crippen LogP) is 3.63. The third-order valence-corrected chi connectivity index (χ3v) is 3.30. The van der Waals surface area contributed by atoms with E-state index in [9.17, 15) is 0 Å². The molecule has 0 atom stereocenters. The van der Waals surface area contributed by atoms with Crippen LogP contribution in [-0.4, -0.2) is 12.7 Å². The summed E-state index contributed by atoms with van der Waals surface area (Å²) in [6.45, 7) is 10.1. The van der Waals surface area contributed by atoms with Crippen LogP contribution in [0.15, 0.2) is 0 Å². The molecule has 1 saturated carbocycles. The van der Waals surface area contributed by atoms with Crippen molar-refractivity contribution in [1.29, 1.82) is 0 Å². The second-order valence-electron chi connectivity index (χ2n) is 5.29. The first-order valence-corrected chi connectivity index (χ1v) is 5.65. The van der Waals surface area contributed by atoms with Gasteiger partial charge >= 0.3 is 0 Å². The highest BCUT2D eigenvalue weighted by Crippen LogP contribution is 2.38. The lowest BCUT2D eigenvalue weighted by Crippen LogP contribution is -2.29. The molecule has 78 valence electrons. The Labute approximate surface area is 82.9 Å². The topological polar surface area (TPSA) is 9.23 Å². The van der Waals surface area contributed by atoms with E-state index in [1.807, 2.05) is 0 Å². The summed E-state index contributed by atoms with van der Waals surface area (Å²) in [4.78, 5) is 0. The van der Waals surface area contributed by atoms with Gasteiger partial charge in [0.05, 0.1) is 6.10 Å². The van der Waals surface area contributed by atoms with E-state index >= 15 is 0 Å². The predicted molar refractivity (Wildman–Crippen MR) is 56.8 cm³/mol. The molecule has 1 fully saturated rings. The lowest BCUT2D eigenvalue weighted by molar-refractivity contribution is 0.0102. The maximum Gasteiger partial charge on any atom is 0.0575 e. The Morgan fingerprint density at radius 1 is 1.08 bits per heavy atom. The normalized spacial score (nSPS) is 30.5. The van der Waals surface area contributed by atoms with E-state index in [1.54, 1.807) is 0 Å². The molecule has 0 saturated heterocycles. The fraction of sp³-hybridized carbons (Fsp3) is 1.00. The van der Waals surface area contributed by atoms with Crippen molar-refractivity contribution in [3.63, 3.8) is 0 Å². The molecule has 0 aromatic rings. The summed E-state index contributed by atoms with van der Waals surface area (Å²) in [5, 5.41) is 0. The summed E-state index contributed by atoms with van der Waals surface area (Å²) in [6, 6.07) is 0. The van der Waals surface area contributed by atoms with Crippen molar-refractivity contribution in [2.45, 2.75) is 59.5 Å². The zero-order chi connectivity index (χ0) is 9.90. The molecule has 1 heteroatoms. The van der Waals surface area contributed by atoms with Crippen LogP contribution in [0.25, 0.3) is 0 Å². The Morgan fingerprint density at radius 2 is 1.62 bits per heavy atom. The molecule has 0 bridgehead atoms. The van der Waals surface area contributed by atoms with Gasteiger partial charge in [-0.15, -0.1) is 0 Å². The summed E-state index contributed by atoms with van der Waals surface area (Å²) in [5.41, 5.74) is 0.497. The molecule has 0 heterocycles. The number of rotatable bonds is 2. The summed E-state index contributed by atoms with van der Waals surface area (Å²) < 4.78 is 5.64. The Bertz CT molecular complexity index is 138. The van der Waals surface area contributed by atoms with E-state index in [0.717, 1.165) is 12.5 Å². The van der Waals surface area contributed by atoms with Gasteiger partial charge in [-0.3, -0.25) is 0 Å². The van der Waals surface area contributed by atoms with E-state index < -0.39 is 0 Å². The van der Waals surface area contributed by atoms with E-state index in [1.165, 1.54) is 25.7 Å². The molecule has 1 aliphatic rings. The van der Waals surface area contributed by atoms with Gasteiger partial charge in [-0.05, 0) is 43.9 Å². The van der Waals surface area contributed by atoms with Crippen LogP contribution in [-0.2, 0) is 4.74 Å². The Kier molecular flexibility index (Phi) is 3.78. The molecule has 1 rings (SSSR count). The van der Waals surface area contributed by atoms with E-state index in [2.05, 4.69) is 27.7 Å². The molecule has 0 aromatic heterocycles. The average molecular weight is 184 g/mol. The lowest BCUT2D eigenvalue weighted by Gasteiger charge is -2.36. The molecular weight excluding hydrogens is 160 g/mol. The molecule has 0 amide bonds. The lowest BCUT2D eigenvalue weighted by atomic mass is 9.72. The fourth-order valence-corrected chi connectivity index (χ4v) is 2.33. The molecule has 0 N–H and O–H groups in total. The number of hydrogen-bond donors (Lipinski definition) is 0. The first kappa shape index (κ1) is 11.0. The van der Waals surface area contributed by atoms with Crippen LogP contribution in [0.1, 0.15) is 53.4 Å². The zero-order valence-electron chi connectivity index (χ0n) is 9.60. The maximum atomic E-state index is 5.64. The smallest absolute Gasteiger partial charge is 0.0575 e. The molecule has 1 aliphatic carbocycles. The highest BCUT2D eigenvalue weighted by molar-refractivity contribution is 4.80. The van der Waals surface area contributed by atoms with Crippen LogP contribution in [0.5, 0.6) is 0 Å². The maximum absolute atomic E-state index is 5.64. The molecule has 0 aromatic carbocycles. The third kappa shape index (κ3) is 3.30. The van der Waals surface area contributed by atoms with Crippen LogP contribution in [0.2, 0.25) is 0 Å². The zero-order valence-corrected chi connectivity index (χ0v) is 9.60. The summed E-state index contributed by atoms with van der Waals surface area (Å²) in [6.07, 6.45) is 5.82. The average Bonchev–Trinajstić information content (AvgIpc) is 2.04. The van der Waals surface area contributed by atoms with Gasteiger partial charge in [0, 0.05) is 6.61 Å². The van der Waals surface area contributed by atoms with Crippen molar-refractivity contribution >= 4 is 0 Å². The molecule has 0 spiro atoms. The van der Waals surface area contributed by atoms with E-state index in [0.29, 0.717) is 11.5 Å². The Balaban J connectivity index is 2.30. The van der Waals surface area contributed by atoms with Gasteiger partial charge in [0.2, 0.25) is 0 Å². The van der Waals surface area contributed by atoms with Crippen LogP contribution < -0.4 is 0 Å². The summed E-state index contributed by atoms with van der Waals surface area (Å²) >= 11 is 0. The first-order valence-electron chi connectivity index (χ1n) is 5.65. The van der Waals surface area contributed by atoms with Crippen molar-refractivity contribution in [3.05, 3.63) is 0 Å². The fourth-order valence-electron chi connectivity index (χ4n) is 2.33. The van der Waals surface area contributed by atoms with Crippen LogP contribution in [0.3, 0.4) is 0 Å². The molecule has 1 nitrogen and oxygen atoms in total. The molecule has 0 unspecified atom stereocenters. The first-order chi connectivity index (χ1) is 6.04. The molecular formula is C12H24O. The molecule has 0 aliphatic heterocycles. The summed E-state index contributed by atoms with van der Waals surface area (Å²) in [5.74, 6) is 0.907. The number of hydrogen-bond acceptors (Lipinski definition) is 1. The summed E-state index contributed by atoms with van der Waals surface area (Å²) in [7, 11) is 0. The van der Waals surface area contributed by atoms with Crippen LogP contribution >= 0.6 is 0 Å². The van der Waals surface area contributed by atoms with Gasteiger partial charge in [0.15, 0.2) is 0 Å².